The number of hydrogen-bond donors (Lipinski definition) is 1. The van der Waals surface area contributed by atoms with Gasteiger partial charge in [0.2, 0.25) is 0 Å². The normalized spacial score (nSPS) is 19.7. The summed E-state index contributed by atoms with van der Waals surface area (Å²) in [6, 6.07) is 8.84. The molecule has 2 unspecified atom stereocenters. The van der Waals surface area contributed by atoms with E-state index >= 15 is 0 Å². The number of fused-ring (bicyclic) bond motifs is 1. The third-order valence-electron chi connectivity index (χ3n) is 3.84. The van der Waals surface area contributed by atoms with Gasteiger partial charge in [-0.25, -0.2) is 0 Å². The van der Waals surface area contributed by atoms with Gasteiger partial charge < -0.3 is 10.1 Å². The summed E-state index contributed by atoms with van der Waals surface area (Å²) in [5, 5.41) is 3.70. The summed E-state index contributed by atoms with van der Waals surface area (Å²) >= 11 is 1.93. The number of hydrogen-bond acceptors (Lipinski definition) is 3. The van der Waals surface area contributed by atoms with Gasteiger partial charge in [-0.3, -0.25) is 0 Å². The van der Waals surface area contributed by atoms with E-state index in [1.165, 1.54) is 24.2 Å². The minimum absolute atomic E-state index is 0.277. The molecule has 0 saturated carbocycles. The molecular weight excluding hydrogens is 278 g/mol. The van der Waals surface area contributed by atoms with Crippen molar-refractivity contribution < 1.29 is 4.74 Å². The zero-order valence-electron chi connectivity index (χ0n) is 13.8. The van der Waals surface area contributed by atoms with Gasteiger partial charge in [-0.15, -0.1) is 11.8 Å². The van der Waals surface area contributed by atoms with Crippen molar-refractivity contribution in [1.82, 2.24) is 5.32 Å². The van der Waals surface area contributed by atoms with Crippen molar-refractivity contribution in [3.63, 3.8) is 0 Å². The molecule has 1 N–H and O–H groups in total. The zero-order valence-corrected chi connectivity index (χ0v) is 14.6. The second-order valence-electron chi connectivity index (χ2n) is 7.07. The van der Waals surface area contributed by atoms with Crippen LogP contribution in [0.5, 0.6) is 5.75 Å². The molecule has 0 saturated heterocycles. The van der Waals surface area contributed by atoms with E-state index in [2.05, 4.69) is 57.3 Å². The Bertz CT molecular complexity index is 441. The van der Waals surface area contributed by atoms with Crippen molar-refractivity contribution in [1.29, 1.82) is 0 Å². The van der Waals surface area contributed by atoms with Crippen LogP contribution in [0.25, 0.3) is 0 Å². The highest BCUT2D eigenvalue weighted by atomic mass is 32.2. The van der Waals surface area contributed by atoms with E-state index in [4.69, 9.17) is 4.74 Å². The van der Waals surface area contributed by atoms with E-state index in [1.807, 2.05) is 11.8 Å². The molecule has 0 aromatic heterocycles. The van der Waals surface area contributed by atoms with Crippen LogP contribution in [0.3, 0.4) is 0 Å². The molecular formula is C18H29NOS. The van der Waals surface area contributed by atoms with Crippen LogP contribution in [-0.4, -0.2) is 24.4 Å². The highest BCUT2D eigenvalue weighted by Gasteiger charge is 2.28. The van der Waals surface area contributed by atoms with Gasteiger partial charge in [0.1, 0.15) is 11.9 Å². The molecule has 1 heterocycles. The molecule has 0 amide bonds. The van der Waals surface area contributed by atoms with Crippen molar-refractivity contribution in [2.75, 3.05) is 12.3 Å². The van der Waals surface area contributed by atoms with Crippen molar-refractivity contribution in [3.05, 3.63) is 24.3 Å². The summed E-state index contributed by atoms with van der Waals surface area (Å²) in [7, 11) is 0. The van der Waals surface area contributed by atoms with Gasteiger partial charge in [0, 0.05) is 16.7 Å². The van der Waals surface area contributed by atoms with Crippen LogP contribution in [0.2, 0.25) is 0 Å². The fourth-order valence-corrected chi connectivity index (χ4v) is 3.65. The first kappa shape index (κ1) is 16.7. The Kier molecular flexibility index (Phi) is 6.00. The highest BCUT2D eigenvalue weighted by Crippen LogP contribution is 2.36. The Morgan fingerprint density at radius 1 is 1.33 bits per heavy atom. The Morgan fingerprint density at radius 3 is 2.81 bits per heavy atom. The lowest BCUT2D eigenvalue weighted by molar-refractivity contribution is 0.151. The summed E-state index contributed by atoms with van der Waals surface area (Å²) in [5.41, 5.74) is 0.381. The predicted octanol–water partition coefficient (Wildman–Crippen LogP) is 4.73. The largest absolute Gasteiger partial charge is 0.487 e. The lowest BCUT2D eigenvalue weighted by Crippen LogP contribution is -2.46. The summed E-state index contributed by atoms with van der Waals surface area (Å²) in [6.07, 6.45) is 3.85. The van der Waals surface area contributed by atoms with Gasteiger partial charge >= 0.3 is 0 Å². The molecule has 3 heteroatoms. The summed E-state index contributed by atoms with van der Waals surface area (Å²) < 4.78 is 6.27. The maximum Gasteiger partial charge on any atom is 0.133 e. The Balaban J connectivity index is 2.00. The number of rotatable bonds is 6. The van der Waals surface area contributed by atoms with E-state index < -0.39 is 0 Å². The number of nitrogens with one attached hydrogen (secondary N) is 1. The maximum absolute atomic E-state index is 6.27. The molecule has 1 aromatic rings. The fraction of sp³-hybridized carbons (Fsp3) is 0.667. The van der Waals surface area contributed by atoms with Crippen molar-refractivity contribution in [2.45, 2.75) is 64.0 Å². The van der Waals surface area contributed by atoms with Crippen LogP contribution in [0.1, 0.15) is 47.0 Å². The monoisotopic (exact) mass is 307 g/mol. The van der Waals surface area contributed by atoms with E-state index in [9.17, 15) is 0 Å². The van der Waals surface area contributed by atoms with E-state index in [0.29, 0.717) is 11.5 Å². The van der Waals surface area contributed by atoms with Crippen molar-refractivity contribution in [3.8, 4) is 5.75 Å². The Morgan fingerprint density at radius 2 is 2.10 bits per heavy atom. The van der Waals surface area contributed by atoms with Crippen LogP contribution in [0, 0.1) is 5.41 Å². The molecule has 2 atom stereocenters. The lowest BCUT2D eigenvalue weighted by atomic mass is 9.87. The average Bonchev–Trinajstić information content (AvgIpc) is 2.46. The molecule has 0 spiro atoms. The number of thioether (sulfide) groups is 1. The first-order valence-electron chi connectivity index (χ1n) is 8.11. The van der Waals surface area contributed by atoms with Gasteiger partial charge in [0.05, 0.1) is 0 Å². The second kappa shape index (κ2) is 7.55. The van der Waals surface area contributed by atoms with Crippen molar-refractivity contribution in [2.24, 2.45) is 5.41 Å². The van der Waals surface area contributed by atoms with Gasteiger partial charge in [-0.2, -0.15) is 0 Å². The van der Waals surface area contributed by atoms with E-state index in [0.717, 1.165) is 18.0 Å². The van der Waals surface area contributed by atoms with Gasteiger partial charge in [-0.1, -0.05) is 39.8 Å². The Labute approximate surface area is 134 Å². The number of para-hydroxylation sites is 1. The highest BCUT2D eigenvalue weighted by molar-refractivity contribution is 7.99. The maximum atomic E-state index is 6.27. The third kappa shape index (κ3) is 5.23. The SMILES string of the molecule is CCCNC(CCC(C)(C)C)C1CSc2ccccc2O1. The minimum Gasteiger partial charge on any atom is -0.487 e. The van der Waals surface area contributed by atoms with Crippen molar-refractivity contribution >= 4 is 11.8 Å². The zero-order chi connectivity index (χ0) is 15.3. The number of ether oxygens (including phenoxy) is 1. The topological polar surface area (TPSA) is 21.3 Å². The molecule has 2 nitrogen and oxygen atoms in total. The standard InChI is InChI=1S/C18H29NOS/c1-5-12-19-14(10-11-18(2,3)4)16-13-21-17-9-7-6-8-15(17)20-16/h6-9,14,16,19H,5,10-13H2,1-4H3. The first-order chi connectivity index (χ1) is 9.99. The molecule has 21 heavy (non-hydrogen) atoms. The van der Waals surface area contributed by atoms with Crippen LogP contribution in [-0.2, 0) is 0 Å². The Hall–Kier alpha value is -0.670. The molecule has 2 rings (SSSR count). The molecule has 1 aliphatic rings. The average molecular weight is 308 g/mol. The minimum atomic E-state index is 0.277. The van der Waals surface area contributed by atoms with E-state index in [1.54, 1.807) is 0 Å². The molecule has 1 aromatic carbocycles. The summed E-state index contributed by atoms with van der Waals surface area (Å²) in [6.45, 7) is 10.2. The van der Waals surface area contributed by atoms with Crippen LogP contribution in [0.15, 0.2) is 29.2 Å². The molecule has 118 valence electrons. The van der Waals surface area contributed by atoms with Crippen LogP contribution in [0.4, 0.5) is 0 Å². The van der Waals surface area contributed by atoms with Crippen LogP contribution < -0.4 is 10.1 Å². The molecule has 1 aliphatic heterocycles. The first-order valence-corrected chi connectivity index (χ1v) is 9.10. The van der Waals surface area contributed by atoms with E-state index in [-0.39, 0.29) is 6.10 Å². The second-order valence-corrected chi connectivity index (χ2v) is 8.14. The molecule has 0 bridgehead atoms. The molecule has 0 aliphatic carbocycles. The van der Waals surface area contributed by atoms with Gasteiger partial charge in [-0.05, 0) is 43.4 Å². The third-order valence-corrected chi connectivity index (χ3v) is 4.98. The molecule has 0 radical (unpaired) electrons. The summed E-state index contributed by atoms with van der Waals surface area (Å²) in [5.74, 6) is 2.10. The summed E-state index contributed by atoms with van der Waals surface area (Å²) in [4.78, 5) is 1.28. The lowest BCUT2D eigenvalue weighted by Gasteiger charge is -2.34. The smallest absolute Gasteiger partial charge is 0.133 e. The van der Waals surface area contributed by atoms with Gasteiger partial charge in [0.15, 0.2) is 0 Å². The predicted molar refractivity (Wildman–Crippen MR) is 92.4 cm³/mol. The quantitative estimate of drug-likeness (QED) is 0.820. The fourth-order valence-electron chi connectivity index (χ4n) is 2.57. The number of benzene rings is 1. The van der Waals surface area contributed by atoms with Gasteiger partial charge in [0.25, 0.3) is 0 Å². The molecule has 0 fully saturated rings. The van der Waals surface area contributed by atoms with Crippen LogP contribution >= 0.6 is 11.8 Å².